The third-order valence-electron chi connectivity index (χ3n) is 2.43. The summed E-state index contributed by atoms with van der Waals surface area (Å²) in [6.45, 7) is 4.41. The normalized spacial score (nSPS) is 10.9. The van der Waals surface area contributed by atoms with Gasteiger partial charge in [0.15, 0.2) is 0 Å². The fourth-order valence-electron chi connectivity index (χ4n) is 1.82. The molecule has 0 amide bonds. The minimum Gasteiger partial charge on any atom is -0.126 e. The zero-order chi connectivity index (χ0) is 11.4. The van der Waals surface area contributed by atoms with Crippen LogP contribution in [-0.4, -0.2) is 11.5 Å². The second-order valence-electron chi connectivity index (χ2n) is 3.48. The average Bonchev–Trinajstić information content (AvgIpc) is 2.30. The summed E-state index contributed by atoms with van der Waals surface area (Å²) < 4.78 is 0. The van der Waals surface area contributed by atoms with Crippen LogP contribution in [0, 0.1) is 0 Å². The van der Waals surface area contributed by atoms with E-state index in [9.17, 15) is 0 Å². The largest absolute Gasteiger partial charge is 0.126 e. The third kappa shape index (κ3) is 2.38. The lowest BCUT2D eigenvalue weighted by Crippen LogP contribution is -1.83. The molecule has 0 aromatic heterocycles. The van der Waals surface area contributed by atoms with Gasteiger partial charge in [-0.25, -0.2) is 0 Å². The van der Waals surface area contributed by atoms with Crippen molar-refractivity contribution in [3.8, 4) is 0 Å². The van der Waals surface area contributed by atoms with Crippen LogP contribution in [0.2, 0.25) is 0 Å². The molecule has 16 heavy (non-hydrogen) atoms. The quantitative estimate of drug-likeness (QED) is 0.693. The van der Waals surface area contributed by atoms with E-state index < -0.39 is 0 Å². The minimum atomic E-state index is 1.13. The Kier molecular flexibility index (Phi) is 4.19. The SMILES string of the molecule is CCSc1cccc2cccc(SCC)c12. The van der Waals surface area contributed by atoms with Gasteiger partial charge in [0.2, 0.25) is 0 Å². The lowest BCUT2D eigenvalue weighted by molar-refractivity contribution is 1.41. The maximum Gasteiger partial charge on any atom is 0.0162 e. The molecule has 0 aliphatic rings. The topological polar surface area (TPSA) is 0 Å². The second-order valence-corrected chi connectivity index (χ2v) is 6.09. The Balaban J connectivity index is 2.61. The van der Waals surface area contributed by atoms with Crippen LogP contribution >= 0.6 is 23.5 Å². The van der Waals surface area contributed by atoms with E-state index in [4.69, 9.17) is 0 Å². The van der Waals surface area contributed by atoms with Crippen LogP contribution in [0.5, 0.6) is 0 Å². The van der Waals surface area contributed by atoms with E-state index in [0.717, 1.165) is 11.5 Å². The summed E-state index contributed by atoms with van der Waals surface area (Å²) in [5, 5.41) is 2.79. The summed E-state index contributed by atoms with van der Waals surface area (Å²) in [4.78, 5) is 2.83. The molecule has 0 nitrogen and oxygen atoms in total. The van der Waals surface area contributed by atoms with Gasteiger partial charge in [0, 0.05) is 15.2 Å². The number of thioether (sulfide) groups is 2. The molecule has 2 rings (SSSR count). The molecule has 2 aromatic carbocycles. The summed E-state index contributed by atoms with van der Waals surface area (Å²) in [5.74, 6) is 2.26. The lowest BCUT2D eigenvalue weighted by atomic mass is 10.1. The highest BCUT2D eigenvalue weighted by atomic mass is 32.2. The van der Waals surface area contributed by atoms with E-state index >= 15 is 0 Å². The predicted molar refractivity (Wildman–Crippen MR) is 76.7 cm³/mol. The van der Waals surface area contributed by atoms with E-state index in [-0.39, 0.29) is 0 Å². The zero-order valence-electron chi connectivity index (χ0n) is 9.69. The van der Waals surface area contributed by atoms with Gasteiger partial charge in [0.1, 0.15) is 0 Å². The van der Waals surface area contributed by atoms with Crippen molar-refractivity contribution in [1.29, 1.82) is 0 Å². The van der Waals surface area contributed by atoms with Crippen molar-refractivity contribution >= 4 is 34.3 Å². The molecule has 0 saturated carbocycles. The highest BCUT2D eigenvalue weighted by Crippen LogP contribution is 2.35. The van der Waals surface area contributed by atoms with Gasteiger partial charge in [-0.1, -0.05) is 38.1 Å². The number of benzene rings is 2. The molecule has 0 aliphatic carbocycles. The molecule has 84 valence electrons. The summed E-state index contributed by atoms with van der Waals surface area (Å²) >= 11 is 3.86. The van der Waals surface area contributed by atoms with Crippen LogP contribution in [0.3, 0.4) is 0 Å². The number of fused-ring (bicyclic) bond motifs is 1. The fourth-order valence-corrected chi connectivity index (χ4v) is 3.61. The van der Waals surface area contributed by atoms with Gasteiger partial charge in [0.05, 0.1) is 0 Å². The Bertz CT molecular complexity index is 436. The molecule has 0 spiro atoms. The van der Waals surface area contributed by atoms with Crippen LogP contribution in [-0.2, 0) is 0 Å². The van der Waals surface area contributed by atoms with Crippen molar-refractivity contribution in [1.82, 2.24) is 0 Å². The van der Waals surface area contributed by atoms with Crippen molar-refractivity contribution in [2.24, 2.45) is 0 Å². The van der Waals surface area contributed by atoms with Gasteiger partial charge in [-0.05, 0) is 29.0 Å². The molecule has 0 bridgehead atoms. The first-order chi connectivity index (χ1) is 7.86. The van der Waals surface area contributed by atoms with Crippen molar-refractivity contribution in [2.45, 2.75) is 23.6 Å². The standard InChI is InChI=1S/C14H16S2/c1-3-15-12-9-5-7-11-8-6-10-13(14(11)12)16-4-2/h5-10H,3-4H2,1-2H3. The Labute approximate surface area is 106 Å². The van der Waals surface area contributed by atoms with E-state index in [1.165, 1.54) is 20.6 Å². The van der Waals surface area contributed by atoms with Crippen LogP contribution in [0.15, 0.2) is 46.2 Å². The number of rotatable bonds is 4. The second kappa shape index (κ2) is 5.65. The average molecular weight is 248 g/mol. The first kappa shape index (κ1) is 11.9. The van der Waals surface area contributed by atoms with Crippen molar-refractivity contribution in [2.75, 3.05) is 11.5 Å². The molecule has 0 N–H and O–H groups in total. The molecule has 0 atom stereocenters. The molecule has 2 heteroatoms. The van der Waals surface area contributed by atoms with Gasteiger partial charge >= 0.3 is 0 Å². The fraction of sp³-hybridized carbons (Fsp3) is 0.286. The first-order valence-corrected chi connectivity index (χ1v) is 7.61. The van der Waals surface area contributed by atoms with Crippen LogP contribution in [0.4, 0.5) is 0 Å². The summed E-state index contributed by atoms with van der Waals surface area (Å²) in [6.07, 6.45) is 0. The van der Waals surface area contributed by atoms with E-state index in [2.05, 4.69) is 50.2 Å². The lowest BCUT2D eigenvalue weighted by Gasteiger charge is -2.09. The molecule has 0 heterocycles. The van der Waals surface area contributed by atoms with Crippen LogP contribution < -0.4 is 0 Å². The van der Waals surface area contributed by atoms with Gasteiger partial charge < -0.3 is 0 Å². The zero-order valence-corrected chi connectivity index (χ0v) is 11.3. The molecular weight excluding hydrogens is 232 g/mol. The Morgan fingerprint density at radius 3 is 1.75 bits per heavy atom. The van der Waals surface area contributed by atoms with Gasteiger partial charge in [-0.3, -0.25) is 0 Å². The Morgan fingerprint density at radius 1 is 0.812 bits per heavy atom. The smallest absolute Gasteiger partial charge is 0.0162 e. The van der Waals surface area contributed by atoms with E-state index in [1.54, 1.807) is 0 Å². The van der Waals surface area contributed by atoms with Crippen molar-refractivity contribution < 1.29 is 0 Å². The molecule has 0 unspecified atom stereocenters. The Morgan fingerprint density at radius 2 is 1.31 bits per heavy atom. The summed E-state index contributed by atoms with van der Waals surface area (Å²) in [5.41, 5.74) is 0. The molecule has 0 aliphatic heterocycles. The maximum atomic E-state index is 2.23. The summed E-state index contributed by atoms with van der Waals surface area (Å²) in [6, 6.07) is 13.2. The van der Waals surface area contributed by atoms with Crippen molar-refractivity contribution in [3.05, 3.63) is 36.4 Å². The van der Waals surface area contributed by atoms with Crippen molar-refractivity contribution in [3.63, 3.8) is 0 Å². The molecule has 0 saturated heterocycles. The number of hydrogen-bond acceptors (Lipinski definition) is 2. The first-order valence-electron chi connectivity index (χ1n) is 5.64. The van der Waals surface area contributed by atoms with Gasteiger partial charge in [-0.15, -0.1) is 23.5 Å². The van der Waals surface area contributed by atoms with Crippen LogP contribution in [0.1, 0.15) is 13.8 Å². The van der Waals surface area contributed by atoms with Gasteiger partial charge in [0.25, 0.3) is 0 Å². The predicted octanol–water partition coefficient (Wildman–Crippen LogP) is 5.06. The molecule has 0 fully saturated rings. The van der Waals surface area contributed by atoms with E-state index in [0.29, 0.717) is 0 Å². The van der Waals surface area contributed by atoms with Crippen LogP contribution in [0.25, 0.3) is 10.8 Å². The summed E-state index contributed by atoms with van der Waals surface area (Å²) in [7, 11) is 0. The number of hydrogen-bond donors (Lipinski definition) is 0. The van der Waals surface area contributed by atoms with Gasteiger partial charge in [-0.2, -0.15) is 0 Å². The maximum absolute atomic E-state index is 2.23. The Hall–Kier alpha value is -0.600. The molecule has 0 radical (unpaired) electrons. The molecule has 2 aromatic rings. The monoisotopic (exact) mass is 248 g/mol. The third-order valence-corrected chi connectivity index (χ3v) is 4.31. The minimum absolute atomic E-state index is 1.13. The highest BCUT2D eigenvalue weighted by molar-refractivity contribution is 8.00. The highest BCUT2D eigenvalue weighted by Gasteiger charge is 2.05. The molecular formula is C14H16S2. The van der Waals surface area contributed by atoms with E-state index in [1.807, 2.05) is 23.5 Å².